The van der Waals surface area contributed by atoms with E-state index < -0.39 is 7.12 Å². The Kier molecular flexibility index (Phi) is 3.48. The zero-order chi connectivity index (χ0) is 9.84. The van der Waals surface area contributed by atoms with E-state index in [9.17, 15) is 0 Å². The van der Waals surface area contributed by atoms with Crippen molar-refractivity contribution in [2.45, 2.75) is 6.54 Å². The molecule has 1 aromatic rings. The van der Waals surface area contributed by atoms with E-state index in [2.05, 4.69) is 0 Å². The van der Waals surface area contributed by atoms with Crippen LogP contribution in [0.4, 0.5) is 0 Å². The molecule has 0 saturated heterocycles. The van der Waals surface area contributed by atoms with Crippen molar-refractivity contribution in [3.05, 3.63) is 29.8 Å². The summed E-state index contributed by atoms with van der Waals surface area (Å²) >= 11 is 0. The predicted molar refractivity (Wildman–Crippen MR) is 53.7 cm³/mol. The Labute approximate surface area is 78.8 Å². The van der Waals surface area contributed by atoms with Crippen LogP contribution in [0.1, 0.15) is 5.56 Å². The molecular weight excluding hydrogens is 165 g/mol. The average molecular weight is 179 g/mol. The van der Waals surface area contributed by atoms with Gasteiger partial charge in [-0.05, 0) is 25.1 Å². The van der Waals surface area contributed by atoms with Gasteiger partial charge < -0.3 is 14.9 Å². The second-order valence-electron chi connectivity index (χ2n) is 3.36. The summed E-state index contributed by atoms with van der Waals surface area (Å²) in [6, 6.07) is 7.29. The lowest BCUT2D eigenvalue weighted by molar-refractivity contribution is 0.402. The second-order valence-corrected chi connectivity index (χ2v) is 3.36. The van der Waals surface area contributed by atoms with Crippen molar-refractivity contribution in [1.82, 2.24) is 4.90 Å². The zero-order valence-electron chi connectivity index (χ0n) is 7.94. The van der Waals surface area contributed by atoms with Gasteiger partial charge in [0.25, 0.3) is 0 Å². The van der Waals surface area contributed by atoms with Crippen molar-refractivity contribution in [2.24, 2.45) is 0 Å². The zero-order valence-corrected chi connectivity index (χ0v) is 7.94. The molecule has 0 saturated carbocycles. The molecule has 0 atom stereocenters. The molecule has 0 bridgehead atoms. The highest BCUT2D eigenvalue weighted by molar-refractivity contribution is 6.58. The second kappa shape index (κ2) is 4.41. The van der Waals surface area contributed by atoms with E-state index in [0.29, 0.717) is 5.46 Å². The standard InChI is InChI=1S/C9H14BNO2/c1-11(2)7-8-4-3-5-9(6-8)10(12)13/h3-6,12-13H,7H2,1-2H3. The van der Waals surface area contributed by atoms with Gasteiger partial charge in [-0.25, -0.2) is 0 Å². The van der Waals surface area contributed by atoms with Crippen LogP contribution in [0.3, 0.4) is 0 Å². The minimum atomic E-state index is -1.37. The van der Waals surface area contributed by atoms with Gasteiger partial charge in [0.1, 0.15) is 0 Å². The third-order valence-electron chi connectivity index (χ3n) is 1.75. The molecule has 0 aromatic heterocycles. The summed E-state index contributed by atoms with van der Waals surface area (Å²) in [4.78, 5) is 2.03. The lowest BCUT2D eigenvalue weighted by Crippen LogP contribution is -2.30. The molecule has 1 aromatic carbocycles. The molecule has 0 aliphatic rings. The molecule has 0 radical (unpaired) electrons. The van der Waals surface area contributed by atoms with Crippen LogP contribution in [0.2, 0.25) is 0 Å². The molecule has 2 N–H and O–H groups in total. The van der Waals surface area contributed by atoms with E-state index in [1.165, 1.54) is 0 Å². The van der Waals surface area contributed by atoms with Crippen molar-refractivity contribution >= 4 is 12.6 Å². The molecule has 4 heteroatoms. The largest absolute Gasteiger partial charge is 0.488 e. The fourth-order valence-corrected chi connectivity index (χ4v) is 1.22. The van der Waals surface area contributed by atoms with Gasteiger partial charge in [0.05, 0.1) is 0 Å². The number of benzene rings is 1. The first-order valence-corrected chi connectivity index (χ1v) is 4.19. The molecule has 0 aliphatic carbocycles. The fourth-order valence-electron chi connectivity index (χ4n) is 1.22. The first-order chi connectivity index (χ1) is 6.09. The van der Waals surface area contributed by atoms with Crippen LogP contribution in [0.5, 0.6) is 0 Å². The quantitative estimate of drug-likeness (QED) is 0.610. The normalized spacial score (nSPS) is 10.5. The van der Waals surface area contributed by atoms with Crippen LogP contribution in [0.15, 0.2) is 24.3 Å². The Morgan fingerprint density at radius 3 is 2.54 bits per heavy atom. The van der Waals surface area contributed by atoms with E-state index in [1.807, 2.05) is 31.1 Å². The van der Waals surface area contributed by atoms with Crippen LogP contribution in [0.25, 0.3) is 0 Å². The summed E-state index contributed by atoms with van der Waals surface area (Å²) in [6.45, 7) is 0.806. The van der Waals surface area contributed by atoms with Gasteiger partial charge >= 0.3 is 7.12 Å². The fraction of sp³-hybridized carbons (Fsp3) is 0.333. The van der Waals surface area contributed by atoms with E-state index in [4.69, 9.17) is 10.0 Å². The molecule has 1 rings (SSSR count). The van der Waals surface area contributed by atoms with Crippen molar-refractivity contribution < 1.29 is 10.0 Å². The van der Waals surface area contributed by atoms with Crippen LogP contribution in [-0.2, 0) is 6.54 Å². The molecule has 0 fully saturated rings. The monoisotopic (exact) mass is 179 g/mol. The summed E-state index contributed by atoms with van der Waals surface area (Å²) in [5.41, 5.74) is 1.62. The van der Waals surface area contributed by atoms with Gasteiger partial charge in [0.15, 0.2) is 0 Å². The third-order valence-corrected chi connectivity index (χ3v) is 1.75. The highest BCUT2D eigenvalue weighted by atomic mass is 16.4. The van der Waals surface area contributed by atoms with E-state index in [1.54, 1.807) is 12.1 Å². The average Bonchev–Trinajstić information content (AvgIpc) is 2.03. The number of rotatable bonds is 3. The Bertz CT molecular complexity index is 276. The van der Waals surface area contributed by atoms with E-state index in [-0.39, 0.29) is 0 Å². The van der Waals surface area contributed by atoms with Gasteiger partial charge in [-0.3, -0.25) is 0 Å². The van der Waals surface area contributed by atoms with Gasteiger partial charge in [0.2, 0.25) is 0 Å². The molecular formula is C9H14BNO2. The van der Waals surface area contributed by atoms with E-state index >= 15 is 0 Å². The summed E-state index contributed by atoms with van der Waals surface area (Å²) in [6.07, 6.45) is 0. The van der Waals surface area contributed by atoms with E-state index in [0.717, 1.165) is 12.1 Å². The smallest absolute Gasteiger partial charge is 0.423 e. The Hall–Kier alpha value is -0.835. The molecule has 0 amide bonds. The summed E-state index contributed by atoms with van der Waals surface area (Å²) in [5.74, 6) is 0. The predicted octanol–water partition coefficient (Wildman–Crippen LogP) is -0.572. The van der Waals surface area contributed by atoms with Crippen LogP contribution >= 0.6 is 0 Å². The SMILES string of the molecule is CN(C)Cc1cccc(B(O)O)c1. The first-order valence-electron chi connectivity index (χ1n) is 4.19. The molecule has 3 nitrogen and oxygen atoms in total. The molecule has 70 valence electrons. The number of hydrogen-bond acceptors (Lipinski definition) is 3. The highest BCUT2D eigenvalue weighted by Gasteiger charge is 2.10. The summed E-state index contributed by atoms with van der Waals surface area (Å²) in [7, 11) is 2.58. The Morgan fingerprint density at radius 2 is 2.00 bits per heavy atom. The Balaban J connectivity index is 2.79. The maximum Gasteiger partial charge on any atom is 0.488 e. The van der Waals surface area contributed by atoms with Gasteiger partial charge in [0, 0.05) is 6.54 Å². The minimum absolute atomic E-state index is 0.541. The van der Waals surface area contributed by atoms with Crippen LogP contribution in [-0.4, -0.2) is 36.2 Å². The molecule has 0 spiro atoms. The highest BCUT2D eigenvalue weighted by Crippen LogP contribution is 1.99. The van der Waals surface area contributed by atoms with Gasteiger partial charge in [-0.1, -0.05) is 24.3 Å². The molecule has 0 heterocycles. The molecule has 0 unspecified atom stereocenters. The maximum absolute atomic E-state index is 8.92. The van der Waals surface area contributed by atoms with Crippen molar-refractivity contribution in [2.75, 3.05) is 14.1 Å². The number of nitrogens with zero attached hydrogens (tertiary/aromatic N) is 1. The van der Waals surface area contributed by atoms with Gasteiger partial charge in [-0.2, -0.15) is 0 Å². The summed E-state index contributed by atoms with van der Waals surface area (Å²) in [5, 5.41) is 17.8. The maximum atomic E-state index is 8.92. The Morgan fingerprint density at radius 1 is 1.31 bits per heavy atom. The topological polar surface area (TPSA) is 43.7 Å². The van der Waals surface area contributed by atoms with Crippen LogP contribution < -0.4 is 5.46 Å². The third kappa shape index (κ3) is 3.18. The van der Waals surface area contributed by atoms with Gasteiger partial charge in [-0.15, -0.1) is 0 Å². The van der Waals surface area contributed by atoms with Crippen molar-refractivity contribution in [3.63, 3.8) is 0 Å². The molecule has 13 heavy (non-hydrogen) atoms. The minimum Gasteiger partial charge on any atom is -0.423 e. The van der Waals surface area contributed by atoms with Crippen molar-refractivity contribution in [1.29, 1.82) is 0 Å². The lowest BCUT2D eigenvalue weighted by Gasteiger charge is -2.10. The summed E-state index contributed by atoms with van der Waals surface area (Å²) < 4.78 is 0. The lowest BCUT2D eigenvalue weighted by atomic mass is 9.79. The molecule has 0 aliphatic heterocycles. The number of hydrogen-bond donors (Lipinski definition) is 2. The van der Waals surface area contributed by atoms with Crippen molar-refractivity contribution in [3.8, 4) is 0 Å². The van der Waals surface area contributed by atoms with Crippen LogP contribution in [0, 0.1) is 0 Å². The first kappa shape index (κ1) is 10.2.